The number of methoxy groups -OCH3 is 1. The van der Waals surface area contributed by atoms with Gasteiger partial charge in [-0.3, -0.25) is 9.78 Å². The lowest BCUT2D eigenvalue weighted by Gasteiger charge is -2.28. The Morgan fingerprint density at radius 1 is 1.05 bits per heavy atom. The molecule has 206 valence electrons. The fourth-order valence-electron chi connectivity index (χ4n) is 5.51. The van der Waals surface area contributed by atoms with Crippen LogP contribution in [0.3, 0.4) is 0 Å². The van der Waals surface area contributed by atoms with Gasteiger partial charge < -0.3 is 24.8 Å². The summed E-state index contributed by atoms with van der Waals surface area (Å²) in [6, 6.07) is 22.0. The Balaban J connectivity index is 1.46. The molecule has 2 aromatic carbocycles. The molecule has 2 atom stereocenters. The van der Waals surface area contributed by atoms with Crippen molar-refractivity contribution in [2.45, 2.75) is 46.2 Å². The van der Waals surface area contributed by atoms with E-state index in [1.807, 2.05) is 62.4 Å². The van der Waals surface area contributed by atoms with Crippen LogP contribution in [0.2, 0.25) is 0 Å². The van der Waals surface area contributed by atoms with E-state index in [1.54, 1.807) is 13.3 Å². The monoisotopic (exact) mass is 553 g/mol. The van der Waals surface area contributed by atoms with E-state index in [2.05, 4.69) is 57.1 Å². The third-order valence-electron chi connectivity index (χ3n) is 7.56. The number of carbonyl (C=O) groups is 1. The van der Waals surface area contributed by atoms with Gasteiger partial charge in [0.05, 0.1) is 24.9 Å². The number of pyridine rings is 1. The highest BCUT2D eigenvalue weighted by molar-refractivity contribution is 7.80. The third kappa shape index (κ3) is 5.45. The van der Waals surface area contributed by atoms with Gasteiger partial charge in [0.15, 0.2) is 5.11 Å². The van der Waals surface area contributed by atoms with Gasteiger partial charge in [-0.15, -0.1) is 0 Å². The molecule has 1 aliphatic rings. The van der Waals surface area contributed by atoms with Crippen molar-refractivity contribution < 1.29 is 9.53 Å². The second-order valence-electron chi connectivity index (χ2n) is 10.3. The maximum atomic E-state index is 13.1. The molecule has 0 saturated carbocycles. The van der Waals surface area contributed by atoms with Crippen LogP contribution in [0.1, 0.15) is 52.3 Å². The van der Waals surface area contributed by atoms with Crippen molar-refractivity contribution in [2.75, 3.05) is 19.0 Å². The summed E-state index contributed by atoms with van der Waals surface area (Å²) in [5, 5.41) is 7.21. The van der Waals surface area contributed by atoms with E-state index < -0.39 is 0 Å². The van der Waals surface area contributed by atoms with Gasteiger partial charge in [0.2, 0.25) is 5.91 Å². The van der Waals surface area contributed by atoms with Gasteiger partial charge in [0.1, 0.15) is 5.75 Å². The van der Waals surface area contributed by atoms with E-state index in [9.17, 15) is 4.79 Å². The minimum Gasteiger partial charge on any atom is -0.497 e. The minimum absolute atomic E-state index is 0.0414. The van der Waals surface area contributed by atoms with Crippen LogP contribution in [0.4, 0.5) is 5.69 Å². The number of aromatic nitrogens is 2. The highest BCUT2D eigenvalue weighted by Gasteiger charge is 2.41. The van der Waals surface area contributed by atoms with Crippen LogP contribution in [0.25, 0.3) is 5.69 Å². The van der Waals surface area contributed by atoms with Gasteiger partial charge in [-0.05, 0) is 105 Å². The molecule has 5 rings (SSSR count). The molecule has 1 amide bonds. The molecule has 1 aliphatic heterocycles. The van der Waals surface area contributed by atoms with Crippen molar-refractivity contribution in [3.63, 3.8) is 0 Å². The molecule has 0 aliphatic carbocycles. The summed E-state index contributed by atoms with van der Waals surface area (Å²) < 4.78 is 7.61. The molecule has 3 heterocycles. The zero-order chi connectivity index (χ0) is 28.4. The van der Waals surface area contributed by atoms with Gasteiger partial charge in [-0.1, -0.05) is 18.2 Å². The highest BCUT2D eigenvalue weighted by Crippen LogP contribution is 2.41. The first-order valence-corrected chi connectivity index (χ1v) is 13.9. The van der Waals surface area contributed by atoms with E-state index in [4.69, 9.17) is 17.0 Å². The Bertz CT molecular complexity index is 1530. The van der Waals surface area contributed by atoms with Gasteiger partial charge in [0, 0.05) is 41.9 Å². The molecule has 0 bridgehead atoms. The smallest absolute Gasteiger partial charge is 0.226 e. The Kier molecular flexibility index (Phi) is 7.89. The second kappa shape index (κ2) is 11.5. The summed E-state index contributed by atoms with van der Waals surface area (Å²) in [4.78, 5) is 19.9. The van der Waals surface area contributed by atoms with Crippen molar-refractivity contribution in [3.8, 4) is 11.4 Å². The van der Waals surface area contributed by atoms with Crippen molar-refractivity contribution in [1.82, 2.24) is 19.8 Å². The number of aryl methyl sites for hydroxylation is 3. The van der Waals surface area contributed by atoms with Crippen LogP contribution < -0.4 is 15.4 Å². The number of nitrogens with zero attached hydrogens (tertiary/aromatic N) is 3. The average Bonchev–Trinajstić information content (AvgIpc) is 3.44. The fourth-order valence-corrected chi connectivity index (χ4v) is 5.84. The van der Waals surface area contributed by atoms with Gasteiger partial charge in [0.25, 0.3) is 0 Å². The molecular formula is C32H35N5O2S. The highest BCUT2D eigenvalue weighted by atomic mass is 32.1. The zero-order valence-corrected chi connectivity index (χ0v) is 24.4. The standard InChI is InChI=1S/C32H35N5O2S/c1-20-9-10-21(2)28(18-20)34-29(38)15-17-36-31(30(35-32(36)40)27-8-6-7-16-33-27)26-19-22(3)37(23(26)4)24-11-13-25(39-5)14-12-24/h6-14,16,18-19,30-31H,15,17H2,1-5H3,(H,34,38)(H,35,40)/t30-,31+/m0/s1. The Morgan fingerprint density at radius 3 is 2.52 bits per heavy atom. The first kappa shape index (κ1) is 27.4. The van der Waals surface area contributed by atoms with Crippen LogP contribution in [-0.4, -0.2) is 39.1 Å². The summed E-state index contributed by atoms with van der Waals surface area (Å²) in [6.07, 6.45) is 2.11. The Labute approximate surface area is 241 Å². The van der Waals surface area contributed by atoms with Gasteiger partial charge in [-0.2, -0.15) is 0 Å². The number of ether oxygens (including phenoxy) is 1. The first-order valence-electron chi connectivity index (χ1n) is 13.4. The lowest BCUT2D eigenvalue weighted by atomic mass is 9.96. The average molecular weight is 554 g/mol. The second-order valence-corrected chi connectivity index (χ2v) is 10.7. The number of hydrogen-bond donors (Lipinski definition) is 2. The molecule has 8 heteroatoms. The van der Waals surface area contributed by atoms with Crippen LogP contribution in [-0.2, 0) is 4.79 Å². The topological polar surface area (TPSA) is 71.4 Å². The molecule has 0 radical (unpaired) electrons. The number of anilines is 1. The van der Waals surface area contributed by atoms with Crippen molar-refractivity contribution in [1.29, 1.82) is 0 Å². The quantitative estimate of drug-likeness (QED) is 0.256. The lowest BCUT2D eigenvalue weighted by molar-refractivity contribution is -0.116. The largest absolute Gasteiger partial charge is 0.497 e. The lowest BCUT2D eigenvalue weighted by Crippen LogP contribution is -2.33. The van der Waals surface area contributed by atoms with Crippen LogP contribution >= 0.6 is 12.2 Å². The van der Waals surface area contributed by atoms with E-state index in [1.165, 1.54) is 0 Å². The van der Waals surface area contributed by atoms with Crippen molar-refractivity contribution >= 4 is 28.9 Å². The first-order chi connectivity index (χ1) is 19.3. The summed E-state index contributed by atoms with van der Waals surface area (Å²) in [6.45, 7) is 8.74. The van der Waals surface area contributed by atoms with Crippen LogP contribution in [0.5, 0.6) is 5.75 Å². The maximum absolute atomic E-state index is 13.1. The minimum atomic E-state index is -0.152. The predicted octanol–water partition coefficient (Wildman–Crippen LogP) is 6.12. The summed E-state index contributed by atoms with van der Waals surface area (Å²) >= 11 is 5.85. The maximum Gasteiger partial charge on any atom is 0.226 e. The zero-order valence-electron chi connectivity index (χ0n) is 23.6. The van der Waals surface area contributed by atoms with Crippen LogP contribution in [0, 0.1) is 27.7 Å². The normalized spacial score (nSPS) is 16.6. The number of thiocarbonyl (C=S) groups is 1. The number of carbonyl (C=O) groups excluding carboxylic acids is 1. The van der Waals surface area contributed by atoms with E-state index >= 15 is 0 Å². The van der Waals surface area contributed by atoms with Crippen LogP contribution in [0.15, 0.2) is 72.9 Å². The molecule has 0 spiro atoms. The number of hydrogen-bond acceptors (Lipinski definition) is 4. The predicted molar refractivity (Wildman–Crippen MR) is 163 cm³/mol. The van der Waals surface area contributed by atoms with Gasteiger partial charge >= 0.3 is 0 Å². The summed E-state index contributed by atoms with van der Waals surface area (Å²) in [5.74, 6) is 0.776. The van der Waals surface area contributed by atoms with E-state index in [0.717, 1.165) is 50.9 Å². The Morgan fingerprint density at radius 2 is 1.82 bits per heavy atom. The van der Waals surface area contributed by atoms with E-state index in [0.29, 0.717) is 18.1 Å². The molecule has 2 aromatic heterocycles. The van der Waals surface area contributed by atoms with Crippen molar-refractivity contribution in [2.24, 2.45) is 0 Å². The van der Waals surface area contributed by atoms with Crippen molar-refractivity contribution in [3.05, 3.63) is 107 Å². The molecule has 1 fully saturated rings. The Hall–Kier alpha value is -4.17. The fraction of sp³-hybridized carbons (Fsp3) is 0.281. The molecule has 2 N–H and O–H groups in total. The molecule has 1 saturated heterocycles. The van der Waals surface area contributed by atoms with Gasteiger partial charge in [-0.25, -0.2) is 0 Å². The molecule has 0 unspecified atom stereocenters. The third-order valence-corrected chi connectivity index (χ3v) is 7.92. The summed E-state index contributed by atoms with van der Waals surface area (Å²) in [5.41, 5.74) is 8.33. The number of benzene rings is 2. The molecular weight excluding hydrogens is 518 g/mol. The SMILES string of the molecule is COc1ccc(-n2c(C)cc([C@@H]3[C@H](c4ccccn4)NC(=S)N3CCC(=O)Nc3cc(C)ccc3C)c2C)cc1. The molecule has 40 heavy (non-hydrogen) atoms. The van der Waals surface area contributed by atoms with E-state index in [-0.39, 0.29) is 18.0 Å². The number of nitrogens with one attached hydrogen (secondary N) is 2. The summed E-state index contributed by atoms with van der Waals surface area (Å²) in [7, 11) is 1.67. The molecule has 4 aromatic rings. The molecule has 7 nitrogen and oxygen atoms in total. The number of amides is 1. The number of rotatable bonds is 8.